The molecule has 3 nitrogen and oxygen atoms in total. The van der Waals surface area contributed by atoms with E-state index >= 15 is 0 Å². The Kier molecular flexibility index (Phi) is 6.63. The summed E-state index contributed by atoms with van der Waals surface area (Å²) >= 11 is 5.84. The van der Waals surface area contributed by atoms with E-state index in [1.165, 1.54) is 0 Å². The van der Waals surface area contributed by atoms with Crippen molar-refractivity contribution < 1.29 is 14.6 Å². The first-order valence-corrected chi connectivity index (χ1v) is 7.98. The molecule has 0 radical (unpaired) electrons. The molecule has 0 saturated heterocycles. The van der Waals surface area contributed by atoms with E-state index in [1.54, 1.807) is 19.2 Å². The number of methoxy groups -OCH3 is 1. The lowest BCUT2D eigenvalue weighted by Gasteiger charge is -2.14. The van der Waals surface area contributed by atoms with Crippen LogP contribution in [0, 0.1) is 5.92 Å². The Hall–Kier alpha value is -1.84. The minimum absolute atomic E-state index is 0.00160. The summed E-state index contributed by atoms with van der Waals surface area (Å²) in [4.78, 5) is 12.2. The average Bonchev–Trinajstić information content (AvgIpc) is 2.57. The number of ether oxygens (including phenoxy) is 1. The second-order valence-corrected chi connectivity index (χ2v) is 6.08. The third-order valence-electron chi connectivity index (χ3n) is 3.77. The molecule has 0 aliphatic carbocycles. The molecule has 0 aliphatic heterocycles. The molecule has 0 aromatic heterocycles. The fraction of sp³-hybridized carbons (Fsp3) is 0.316. The summed E-state index contributed by atoms with van der Waals surface area (Å²) in [5, 5.41) is 10.2. The van der Waals surface area contributed by atoms with E-state index in [2.05, 4.69) is 0 Å². The minimum atomic E-state index is -0.0665. The smallest absolute Gasteiger partial charge is 0.137 e. The van der Waals surface area contributed by atoms with Crippen molar-refractivity contribution in [1.29, 1.82) is 0 Å². The third-order valence-corrected chi connectivity index (χ3v) is 4.02. The molecule has 4 heteroatoms. The monoisotopic (exact) mass is 332 g/mol. The van der Waals surface area contributed by atoms with E-state index in [9.17, 15) is 9.90 Å². The van der Waals surface area contributed by atoms with Crippen LogP contribution in [0.2, 0.25) is 5.02 Å². The van der Waals surface area contributed by atoms with Crippen LogP contribution in [0.15, 0.2) is 48.5 Å². The lowest BCUT2D eigenvalue weighted by Crippen LogP contribution is -2.16. The Balaban J connectivity index is 1.89. The number of aliphatic hydroxyl groups excluding tert-OH is 1. The highest BCUT2D eigenvalue weighted by Crippen LogP contribution is 2.18. The van der Waals surface area contributed by atoms with Gasteiger partial charge in [-0.25, -0.2) is 0 Å². The highest BCUT2D eigenvalue weighted by atomic mass is 35.5. The maximum Gasteiger partial charge on any atom is 0.137 e. The van der Waals surface area contributed by atoms with Crippen LogP contribution in [0.5, 0.6) is 5.75 Å². The Morgan fingerprint density at radius 1 is 1.09 bits per heavy atom. The summed E-state index contributed by atoms with van der Waals surface area (Å²) in [5.74, 6) is 0.858. The van der Waals surface area contributed by atoms with Crippen LogP contribution in [-0.4, -0.2) is 24.6 Å². The molecule has 2 aromatic rings. The number of ketones is 1. The molecule has 2 aromatic carbocycles. The first kappa shape index (κ1) is 17.5. The lowest BCUT2D eigenvalue weighted by atomic mass is 9.93. The molecular formula is C19H21ClO3. The van der Waals surface area contributed by atoms with Crippen molar-refractivity contribution in [1.82, 2.24) is 0 Å². The van der Waals surface area contributed by atoms with Gasteiger partial charge in [-0.2, -0.15) is 0 Å². The Bertz CT molecular complexity index is 620. The normalized spacial score (nSPS) is 12.0. The van der Waals surface area contributed by atoms with Gasteiger partial charge in [-0.3, -0.25) is 4.79 Å². The maximum atomic E-state index is 12.2. The Morgan fingerprint density at radius 2 is 1.70 bits per heavy atom. The summed E-state index contributed by atoms with van der Waals surface area (Å²) in [6, 6.07) is 15.0. The van der Waals surface area contributed by atoms with Crippen LogP contribution in [0.25, 0.3) is 0 Å². The number of hydrogen-bond donors (Lipinski definition) is 1. The SMILES string of the molecule is COc1ccc(C[C@@H](CO)CC(=O)Cc2ccc(Cl)cc2)cc1. The number of carbonyl (C=O) groups excluding carboxylic acids is 1. The van der Waals surface area contributed by atoms with Gasteiger partial charge in [0.25, 0.3) is 0 Å². The van der Waals surface area contributed by atoms with E-state index in [-0.39, 0.29) is 18.3 Å². The van der Waals surface area contributed by atoms with Crippen LogP contribution < -0.4 is 4.74 Å². The van der Waals surface area contributed by atoms with Crippen molar-refractivity contribution in [3.8, 4) is 5.75 Å². The molecule has 122 valence electrons. The largest absolute Gasteiger partial charge is 0.497 e. The van der Waals surface area contributed by atoms with E-state index < -0.39 is 0 Å². The summed E-state index contributed by atoms with van der Waals surface area (Å²) < 4.78 is 5.13. The molecule has 1 atom stereocenters. The van der Waals surface area contributed by atoms with Crippen molar-refractivity contribution in [2.24, 2.45) is 5.92 Å². The second-order valence-electron chi connectivity index (χ2n) is 5.65. The van der Waals surface area contributed by atoms with Crippen LogP contribution in [-0.2, 0) is 17.6 Å². The van der Waals surface area contributed by atoms with Crippen molar-refractivity contribution >= 4 is 17.4 Å². The van der Waals surface area contributed by atoms with Crippen LogP contribution in [0.3, 0.4) is 0 Å². The van der Waals surface area contributed by atoms with Gasteiger partial charge >= 0.3 is 0 Å². The van der Waals surface area contributed by atoms with E-state index in [1.807, 2.05) is 36.4 Å². The second kappa shape index (κ2) is 8.70. The van der Waals surface area contributed by atoms with E-state index in [0.29, 0.717) is 24.3 Å². The number of benzene rings is 2. The van der Waals surface area contributed by atoms with Gasteiger partial charge in [0.1, 0.15) is 11.5 Å². The van der Waals surface area contributed by atoms with Gasteiger partial charge in [-0.15, -0.1) is 0 Å². The van der Waals surface area contributed by atoms with Crippen LogP contribution in [0.1, 0.15) is 17.5 Å². The number of rotatable bonds is 8. The van der Waals surface area contributed by atoms with Gasteiger partial charge in [0.15, 0.2) is 0 Å². The summed E-state index contributed by atoms with van der Waals surface area (Å²) in [5.41, 5.74) is 2.03. The van der Waals surface area contributed by atoms with Gasteiger partial charge in [0.2, 0.25) is 0 Å². The Labute approximate surface area is 141 Å². The number of Topliss-reactive ketones (excluding diaryl/α,β-unsaturated/α-hetero) is 1. The average molecular weight is 333 g/mol. The molecule has 2 rings (SSSR count). The van der Waals surface area contributed by atoms with Crippen LogP contribution in [0.4, 0.5) is 0 Å². The standard InChI is InChI=1S/C19H21ClO3/c1-23-19-8-4-14(5-9-19)10-16(13-21)12-18(22)11-15-2-6-17(20)7-3-15/h2-9,16,21H,10-13H2,1H3/t16-/m1/s1. The number of halogens is 1. The summed E-state index contributed by atoms with van der Waals surface area (Å²) in [6.45, 7) is -0.00160. The first-order chi connectivity index (χ1) is 11.1. The zero-order valence-electron chi connectivity index (χ0n) is 13.2. The number of carbonyl (C=O) groups is 1. The van der Waals surface area contributed by atoms with E-state index in [4.69, 9.17) is 16.3 Å². The predicted octanol–water partition coefficient (Wildman–Crippen LogP) is 3.70. The highest BCUT2D eigenvalue weighted by molar-refractivity contribution is 6.30. The maximum absolute atomic E-state index is 12.2. The lowest BCUT2D eigenvalue weighted by molar-refractivity contribution is -0.119. The minimum Gasteiger partial charge on any atom is -0.497 e. The van der Waals surface area contributed by atoms with Gasteiger partial charge in [-0.05, 0) is 47.7 Å². The van der Waals surface area contributed by atoms with Crippen molar-refractivity contribution in [2.45, 2.75) is 19.3 Å². The summed E-state index contributed by atoms with van der Waals surface area (Å²) in [6.07, 6.45) is 1.41. The fourth-order valence-electron chi connectivity index (χ4n) is 2.52. The van der Waals surface area contributed by atoms with Gasteiger partial charge in [-0.1, -0.05) is 35.9 Å². The van der Waals surface area contributed by atoms with Gasteiger partial charge in [0.05, 0.1) is 7.11 Å². The molecule has 0 fully saturated rings. The van der Waals surface area contributed by atoms with Crippen molar-refractivity contribution in [2.75, 3.05) is 13.7 Å². The molecule has 0 spiro atoms. The van der Waals surface area contributed by atoms with Gasteiger partial charge < -0.3 is 9.84 Å². The molecule has 23 heavy (non-hydrogen) atoms. The van der Waals surface area contributed by atoms with Crippen molar-refractivity contribution in [3.63, 3.8) is 0 Å². The number of hydrogen-bond acceptors (Lipinski definition) is 3. The summed E-state index contributed by atoms with van der Waals surface area (Å²) in [7, 11) is 1.63. The van der Waals surface area contributed by atoms with Gasteiger partial charge in [0, 0.05) is 24.5 Å². The number of aliphatic hydroxyl groups is 1. The zero-order chi connectivity index (χ0) is 16.7. The van der Waals surface area contributed by atoms with Crippen LogP contribution >= 0.6 is 11.6 Å². The molecule has 0 amide bonds. The fourth-order valence-corrected chi connectivity index (χ4v) is 2.65. The topological polar surface area (TPSA) is 46.5 Å². The third kappa shape index (κ3) is 5.70. The highest BCUT2D eigenvalue weighted by Gasteiger charge is 2.14. The zero-order valence-corrected chi connectivity index (χ0v) is 13.9. The first-order valence-electron chi connectivity index (χ1n) is 7.60. The molecule has 0 bridgehead atoms. The van der Waals surface area contributed by atoms with E-state index in [0.717, 1.165) is 16.9 Å². The predicted molar refractivity (Wildman–Crippen MR) is 92.1 cm³/mol. The quantitative estimate of drug-likeness (QED) is 0.801. The molecule has 0 unspecified atom stereocenters. The molecule has 0 heterocycles. The Morgan fingerprint density at radius 3 is 2.26 bits per heavy atom. The molecular weight excluding hydrogens is 312 g/mol. The molecule has 1 N–H and O–H groups in total. The van der Waals surface area contributed by atoms with Crippen molar-refractivity contribution in [3.05, 3.63) is 64.7 Å². The molecule has 0 aliphatic rings. The molecule has 0 saturated carbocycles.